The Hall–Kier alpha value is -1.37. The fraction of sp³-hybridized carbons (Fsp3) is 0.647. The van der Waals surface area contributed by atoms with Gasteiger partial charge in [0, 0.05) is 38.8 Å². The maximum absolute atomic E-state index is 12.0. The van der Waals surface area contributed by atoms with Gasteiger partial charge in [0.1, 0.15) is 0 Å². The Kier molecular flexibility index (Phi) is 9.67. The van der Waals surface area contributed by atoms with E-state index in [9.17, 15) is 4.79 Å². The molecule has 2 rings (SSSR count). The first-order chi connectivity index (χ1) is 12.7. The van der Waals surface area contributed by atoms with Crippen molar-refractivity contribution in [2.45, 2.75) is 26.3 Å². The minimum Gasteiger partial charge on any atom is -0.480 e. The van der Waals surface area contributed by atoms with Crippen LogP contribution in [0.5, 0.6) is 5.88 Å². The van der Waals surface area contributed by atoms with E-state index in [2.05, 4.69) is 51.3 Å². The summed E-state index contributed by atoms with van der Waals surface area (Å²) < 4.78 is 5.97. The van der Waals surface area contributed by atoms with Gasteiger partial charge in [-0.3, -0.25) is 9.79 Å². The van der Waals surface area contributed by atoms with Crippen LogP contribution in [0, 0.1) is 0 Å². The Balaban J connectivity index is 0.00000392. The lowest BCUT2D eigenvalue weighted by atomic mass is 10.1. The predicted molar refractivity (Wildman–Crippen MR) is 125 cm³/mol. The first-order valence-electron chi connectivity index (χ1n) is 8.81. The van der Waals surface area contributed by atoms with Crippen molar-refractivity contribution in [3.63, 3.8) is 0 Å². The van der Waals surface area contributed by atoms with Crippen LogP contribution in [0.1, 0.15) is 20.8 Å². The van der Waals surface area contributed by atoms with Crippen LogP contribution in [0.2, 0.25) is 0 Å². The SMILES string of the molecule is CN=C(NCC(=O)NC(C)(C)C)N1CCN(c2ncc(Br)c(OC)n2)CC1.I. The highest BCUT2D eigenvalue weighted by atomic mass is 127. The molecule has 0 saturated carbocycles. The standard InChI is InChI=1S/C17H28BrN7O2.HI/c1-17(2,3)23-13(26)11-21-15(19-4)24-6-8-25(9-7-24)16-20-10-12(18)14(22-16)27-5;/h10H,6-9,11H2,1-5H3,(H,19,21)(H,23,26);1H. The topological polar surface area (TPSA) is 95.0 Å². The highest BCUT2D eigenvalue weighted by Crippen LogP contribution is 2.23. The first kappa shape index (κ1) is 24.7. The molecule has 1 aromatic rings. The smallest absolute Gasteiger partial charge is 0.239 e. The van der Waals surface area contributed by atoms with Crippen molar-refractivity contribution < 1.29 is 9.53 Å². The molecule has 1 aromatic heterocycles. The van der Waals surface area contributed by atoms with Crippen LogP contribution in [-0.2, 0) is 4.79 Å². The minimum absolute atomic E-state index is 0. The Morgan fingerprint density at radius 3 is 2.50 bits per heavy atom. The van der Waals surface area contributed by atoms with Crippen molar-refractivity contribution in [1.82, 2.24) is 25.5 Å². The summed E-state index contributed by atoms with van der Waals surface area (Å²) in [7, 11) is 3.30. The molecule has 0 bridgehead atoms. The van der Waals surface area contributed by atoms with Crippen LogP contribution in [0.25, 0.3) is 0 Å². The Morgan fingerprint density at radius 2 is 1.96 bits per heavy atom. The quantitative estimate of drug-likeness (QED) is 0.322. The van der Waals surface area contributed by atoms with E-state index in [1.54, 1.807) is 20.4 Å². The third kappa shape index (κ3) is 7.22. The lowest BCUT2D eigenvalue weighted by molar-refractivity contribution is -0.121. The van der Waals surface area contributed by atoms with Gasteiger partial charge in [-0.15, -0.1) is 24.0 Å². The molecular weight excluding hydrogens is 541 g/mol. The number of nitrogens with one attached hydrogen (secondary N) is 2. The summed E-state index contributed by atoms with van der Waals surface area (Å²) in [4.78, 5) is 29.3. The van der Waals surface area contributed by atoms with Crippen molar-refractivity contribution in [3.8, 4) is 5.88 Å². The van der Waals surface area contributed by atoms with Gasteiger partial charge in [0.25, 0.3) is 0 Å². The van der Waals surface area contributed by atoms with Crippen molar-refractivity contribution in [2.75, 3.05) is 51.8 Å². The zero-order chi connectivity index (χ0) is 20.0. The summed E-state index contributed by atoms with van der Waals surface area (Å²) >= 11 is 3.37. The lowest BCUT2D eigenvalue weighted by Gasteiger charge is -2.36. The number of aliphatic imine (C=N–C) groups is 1. The van der Waals surface area contributed by atoms with E-state index in [1.807, 2.05) is 20.8 Å². The summed E-state index contributed by atoms with van der Waals surface area (Å²) in [6.45, 7) is 9.07. The Morgan fingerprint density at radius 1 is 1.32 bits per heavy atom. The van der Waals surface area contributed by atoms with Crippen LogP contribution in [0.15, 0.2) is 15.7 Å². The zero-order valence-electron chi connectivity index (χ0n) is 17.0. The van der Waals surface area contributed by atoms with Crippen LogP contribution in [0.3, 0.4) is 0 Å². The highest BCUT2D eigenvalue weighted by Gasteiger charge is 2.23. The fourth-order valence-electron chi connectivity index (χ4n) is 2.71. The molecule has 9 nitrogen and oxygen atoms in total. The summed E-state index contributed by atoms with van der Waals surface area (Å²) in [5.74, 6) is 1.82. The monoisotopic (exact) mass is 569 g/mol. The van der Waals surface area contributed by atoms with Crippen molar-refractivity contribution in [3.05, 3.63) is 10.7 Å². The molecule has 1 aliphatic heterocycles. The van der Waals surface area contributed by atoms with E-state index in [4.69, 9.17) is 4.74 Å². The number of carbonyl (C=O) groups is 1. The first-order valence-corrected chi connectivity index (χ1v) is 9.61. The normalized spacial score (nSPS) is 15.0. The third-order valence-electron chi connectivity index (χ3n) is 3.89. The largest absolute Gasteiger partial charge is 0.480 e. The molecule has 0 unspecified atom stereocenters. The predicted octanol–water partition coefficient (Wildman–Crippen LogP) is 1.48. The van der Waals surface area contributed by atoms with Gasteiger partial charge >= 0.3 is 0 Å². The van der Waals surface area contributed by atoms with Gasteiger partial charge in [0.2, 0.25) is 17.7 Å². The second-order valence-electron chi connectivity index (χ2n) is 7.20. The van der Waals surface area contributed by atoms with Crippen LogP contribution >= 0.6 is 39.9 Å². The molecule has 1 saturated heterocycles. The number of carbonyl (C=O) groups excluding carboxylic acids is 1. The number of ether oxygens (including phenoxy) is 1. The number of halogens is 2. The summed E-state index contributed by atoms with van der Waals surface area (Å²) in [6, 6.07) is 0. The zero-order valence-corrected chi connectivity index (χ0v) is 20.9. The number of aromatic nitrogens is 2. The van der Waals surface area contributed by atoms with Gasteiger partial charge in [0.05, 0.1) is 24.3 Å². The van der Waals surface area contributed by atoms with Gasteiger partial charge in [0.15, 0.2) is 5.96 Å². The maximum Gasteiger partial charge on any atom is 0.239 e. The van der Waals surface area contributed by atoms with Gasteiger partial charge in [-0.05, 0) is 36.7 Å². The molecule has 2 N–H and O–H groups in total. The summed E-state index contributed by atoms with van der Waals surface area (Å²) in [5.41, 5.74) is -0.250. The van der Waals surface area contributed by atoms with E-state index >= 15 is 0 Å². The molecule has 11 heteroatoms. The molecule has 1 amide bonds. The van der Waals surface area contributed by atoms with Crippen molar-refractivity contribution in [1.29, 1.82) is 0 Å². The van der Waals surface area contributed by atoms with E-state index in [1.165, 1.54) is 0 Å². The summed E-state index contributed by atoms with van der Waals surface area (Å²) in [6.07, 6.45) is 1.70. The molecule has 28 heavy (non-hydrogen) atoms. The van der Waals surface area contributed by atoms with Gasteiger partial charge in [-0.1, -0.05) is 0 Å². The van der Waals surface area contributed by atoms with E-state index < -0.39 is 0 Å². The molecule has 0 spiro atoms. The fourth-order valence-corrected chi connectivity index (χ4v) is 3.06. The molecule has 2 heterocycles. The lowest BCUT2D eigenvalue weighted by Crippen LogP contribution is -2.54. The Labute approximate surface area is 191 Å². The number of nitrogens with zero attached hydrogens (tertiary/aromatic N) is 5. The highest BCUT2D eigenvalue weighted by molar-refractivity contribution is 14.0. The van der Waals surface area contributed by atoms with E-state index in [-0.39, 0.29) is 42.0 Å². The second kappa shape index (κ2) is 11.0. The third-order valence-corrected chi connectivity index (χ3v) is 4.43. The number of piperazine rings is 1. The molecule has 0 aromatic carbocycles. The summed E-state index contributed by atoms with van der Waals surface area (Å²) in [5, 5.41) is 6.06. The van der Waals surface area contributed by atoms with E-state index in [0.717, 1.165) is 30.7 Å². The average molecular weight is 570 g/mol. The second-order valence-corrected chi connectivity index (χ2v) is 8.05. The molecule has 158 valence electrons. The molecule has 0 aliphatic carbocycles. The van der Waals surface area contributed by atoms with Crippen molar-refractivity contribution in [2.24, 2.45) is 4.99 Å². The maximum atomic E-state index is 12.0. The van der Waals surface area contributed by atoms with Crippen LogP contribution < -0.4 is 20.3 Å². The van der Waals surface area contributed by atoms with Gasteiger partial charge < -0.3 is 25.2 Å². The number of hydrogen-bond donors (Lipinski definition) is 2. The van der Waals surface area contributed by atoms with E-state index in [0.29, 0.717) is 17.8 Å². The Bertz CT molecular complexity index is 689. The number of guanidine groups is 1. The number of rotatable bonds is 4. The van der Waals surface area contributed by atoms with Crippen LogP contribution in [0.4, 0.5) is 5.95 Å². The van der Waals surface area contributed by atoms with Crippen molar-refractivity contribution >= 4 is 57.7 Å². The molecule has 1 aliphatic rings. The minimum atomic E-state index is -0.250. The molecule has 0 atom stereocenters. The van der Waals surface area contributed by atoms with Crippen LogP contribution in [-0.4, -0.2) is 79.2 Å². The number of methoxy groups -OCH3 is 1. The molecule has 0 radical (unpaired) electrons. The number of amides is 1. The van der Waals surface area contributed by atoms with Gasteiger partial charge in [-0.2, -0.15) is 4.98 Å². The molecular formula is C17H29BrIN7O2. The molecule has 1 fully saturated rings. The average Bonchev–Trinajstić information content (AvgIpc) is 2.62. The number of anilines is 1. The number of hydrogen-bond acceptors (Lipinski definition) is 6. The van der Waals surface area contributed by atoms with Gasteiger partial charge in [-0.25, -0.2) is 4.98 Å².